The highest BCUT2D eigenvalue weighted by Crippen LogP contribution is 2.29. The first kappa shape index (κ1) is 12.4. The average Bonchev–Trinajstić information content (AvgIpc) is 2.80. The van der Waals surface area contributed by atoms with Crippen LogP contribution < -0.4 is 4.74 Å². The summed E-state index contributed by atoms with van der Waals surface area (Å²) in [5.41, 5.74) is 1.14. The molecule has 0 N–H and O–H groups in total. The van der Waals surface area contributed by atoms with Gasteiger partial charge in [-0.15, -0.1) is 0 Å². The summed E-state index contributed by atoms with van der Waals surface area (Å²) in [4.78, 5) is 0.513. The fourth-order valence-corrected chi connectivity index (χ4v) is 3.41. The van der Waals surface area contributed by atoms with Gasteiger partial charge in [-0.1, -0.05) is 24.3 Å². The Morgan fingerprint density at radius 1 is 1.21 bits per heavy atom. The van der Waals surface area contributed by atoms with Gasteiger partial charge in [0.25, 0.3) is 0 Å². The molecule has 4 heteroatoms. The zero-order valence-electron chi connectivity index (χ0n) is 10.2. The molecular weight excluding hydrogens is 263 g/mol. The first-order valence-electron chi connectivity index (χ1n) is 6.11. The van der Waals surface area contributed by atoms with Crippen molar-refractivity contribution in [2.24, 2.45) is 0 Å². The van der Waals surface area contributed by atoms with Crippen LogP contribution in [-0.2, 0) is 17.2 Å². The Hall–Kier alpha value is -1.68. The third kappa shape index (κ3) is 2.68. The zero-order chi connectivity index (χ0) is 13.2. The molecule has 0 amide bonds. The number of ether oxygens (including phenoxy) is 1. The summed E-state index contributed by atoms with van der Waals surface area (Å²) in [5.74, 6) is 0.892. The number of para-hydroxylation sites is 1. The van der Waals surface area contributed by atoms with Crippen molar-refractivity contribution in [3.8, 4) is 5.75 Å². The van der Waals surface area contributed by atoms with Crippen molar-refractivity contribution >= 4 is 10.8 Å². The molecule has 0 radical (unpaired) electrons. The van der Waals surface area contributed by atoms with E-state index in [9.17, 15) is 8.60 Å². The minimum Gasteiger partial charge on any atom is -0.489 e. The summed E-state index contributed by atoms with van der Waals surface area (Å²) in [7, 11) is -1.24. The van der Waals surface area contributed by atoms with Crippen molar-refractivity contribution in [3.05, 3.63) is 59.9 Å². The third-order valence-electron chi connectivity index (χ3n) is 3.11. The molecule has 0 spiro atoms. The van der Waals surface area contributed by atoms with Gasteiger partial charge in [0.05, 0.1) is 16.6 Å². The van der Waals surface area contributed by atoms with Gasteiger partial charge in [0, 0.05) is 11.3 Å². The fourth-order valence-electron chi connectivity index (χ4n) is 2.22. The predicted molar refractivity (Wildman–Crippen MR) is 72.2 cm³/mol. The second kappa shape index (κ2) is 5.13. The lowest BCUT2D eigenvalue weighted by Crippen LogP contribution is -2.21. The monoisotopic (exact) mass is 276 g/mol. The molecule has 98 valence electrons. The molecule has 3 rings (SSSR count). The molecule has 0 saturated carbocycles. The van der Waals surface area contributed by atoms with Crippen molar-refractivity contribution in [2.45, 2.75) is 17.4 Å². The Kier molecular flexibility index (Phi) is 3.34. The van der Waals surface area contributed by atoms with Crippen LogP contribution in [0.25, 0.3) is 0 Å². The second-order valence-electron chi connectivity index (χ2n) is 4.52. The predicted octanol–water partition coefficient (Wildman–Crippen LogP) is 2.94. The largest absolute Gasteiger partial charge is 0.489 e. The molecule has 2 aromatic rings. The van der Waals surface area contributed by atoms with E-state index in [1.807, 2.05) is 24.3 Å². The highest BCUT2D eigenvalue weighted by molar-refractivity contribution is 7.85. The van der Waals surface area contributed by atoms with Crippen molar-refractivity contribution in [3.63, 3.8) is 0 Å². The van der Waals surface area contributed by atoms with Gasteiger partial charge in [-0.2, -0.15) is 0 Å². The van der Waals surface area contributed by atoms with Gasteiger partial charge in [0.2, 0.25) is 0 Å². The van der Waals surface area contributed by atoms with Gasteiger partial charge in [-0.25, -0.2) is 4.39 Å². The van der Waals surface area contributed by atoms with Crippen LogP contribution in [-0.4, -0.2) is 16.1 Å². The van der Waals surface area contributed by atoms with Crippen LogP contribution in [0.4, 0.5) is 4.39 Å². The van der Waals surface area contributed by atoms with Gasteiger partial charge in [0.1, 0.15) is 17.7 Å². The van der Waals surface area contributed by atoms with Crippen LogP contribution in [0.1, 0.15) is 5.56 Å². The van der Waals surface area contributed by atoms with Gasteiger partial charge in [0.15, 0.2) is 0 Å². The summed E-state index contributed by atoms with van der Waals surface area (Å²) in [5, 5.41) is 0. The van der Waals surface area contributed by atoms with E-state index < -0.39 is 10.8 Å². The topological polar surface area (TPSA) is 26.3 Å². The molecule has 2 atom stereocenters. The minimum atomic E-state index is -1.24. The normalized spacial score (nSPS) is 18.7. The van der Waals surface area contributed by atoms with E-state index in [2.05, 4.69) is 0 Å². The Bertz CT molecular complexity index is 602. The maximum Gasteiger partial charge on any atom is 0.124 e. The Labute approximate surface area is 113 Å². The van der Waals surface area contributed by atoms with E-state index in [1.54, 1.807) is 12.1 Å². The van der Waals surface area contributed by atoms with Crippen molar-refractivity contribution in [1.82, 2.24) is 0 Å². The lowest BCUT2D eigenvalue weighted by molar-refractivity contribution is 0.258. The van der Waals surface area contributed by atoms with Crippen LogP contribution in [0.15, 0.2) is 53.4 Å². The zero-order valence-corrected chi connectivity index (χ0v) is 11.0. The smallest absolute Gasteiger partial charge is 0.124 e. The van der Waals surface area contributed by atoms with E-state index in [4.69, 9.17) is 4.74 Å². The van der Waals surface area contributed by atoms with E-state index in [0.29, 0.717) is 10.6 Å². The number of hydrogen-bond acceptors (Lipinski definition) is 2. The molecule has 2 aromatic carbocycles. The molecule has 1 heterocycles. The van der Waals surface area contributed by atoms with Crippen molar-refractivity contribution < 1.29 is 13.3 Å². The Morgan fingerprint density at radius 3 is 2.84 bits per heavy atom. The van der Waals surface area contributed by atoms with E-state index >= 15 is 0 Å². The number of halogens is 1. The molecule has 1 aliphatic heterocycles. The Morgan fingerprint density at radius 2 is 2.05 bits per heavy atom. The molecule has 19 heavy (non-hydrogen) atoms. The van der Waals surface area contributed by atoms with Gasteiger partial charge in [-0.05, 0) is 29.8 Å². The molecular formula is C15H13FO2S. The van der Waals surface area contributed by atoms with Crippen LogP contribution >= 0.6 is 0 Å². The quantitative estimate of drug-likeness (QED) is 0.861. The molecule has 2 nitrogen and oxygen atoms in total. The molecule has 1 aliphatic rings. The van der Waals surface area contributed by atoms with Crippen LogP contribution in [0.2, 0.25) is 0 Å². The molecule has 0 fully saturated rings. The second-order valence-corrected chi connectivity index (χ2v) is 6.02. The standard InChI is InChI=1S/C15H13FO2S/c16-12-5-3-6-14(9-12)19(17)10-13-8-11-4-1-2-7-15(11)18-13/h1-7,9,13H,8,10H2. The van der Waals surface area contributed by atoms with Gasteiger partial charge in [-0.3, -0.25) is 4.21 Å². The first-order valence-corrected chi connectivity index (χ1v) is 7.43. The maximum atomic E-state index is 13.1. The van der Waals surface area contributed by atoms with Crippen LogP contribution in [0.3, 0.4) is 0 Å². The fraction of sp³-hybridized carbons (Fsp3) is 0.200. The van der Waals surface area contributed by atoms with Crippen LogP contribution in [0.5, 0.6) is 5.75 Å². The number of rotatable bonds is 3. The van der Waals surface area contributed by atoms with Crippen molar-refractivity contribution in [2.75, 3.05) is 5.75 Å². The van der Waals surface area contributed by atoms with Crippen molar-refractivity contribution in [1.29, 1.82) is 0 Å². The number of benzene rings is 2. The lowest BCUT2D eigenvalue weighted by atomic mass is 10.1. The highest BCUT2D eigenvalue weighted by atomic mass is 32.2. The summed E-state index contributed by atoms with van der Waals surface area (Å²) in [6.07, 6.45) is 0.665. The summed E-state index contributed by atoms with van der Waals surface area (Å²) < 4.78 is 31.0. The number of hydrogen-bond donors (Lipinski definition) is 0. The molecule has 0 bridgehead atoms. The minimum absolute atomic E-state index is 0.0958. The average molecular weight is 276 g/mol. The molecule has 0 aromatic heterocycles. The first-order chi connectivity index (χ1) is 9.22. The third-order valence-corrected chi connectivity index (χ3v) is 4.56. The van der Waals surface area contributed by atoms with E-state index in [1.165, 1.54) is 12.1 Å². The van der Waals surface area contributed by atoms with Gasteiger partial charge < -0.3 is 4.74 Å². The SMILES string of the molecule is O=S(CC1Cc2ccccc2O1)c1cccc(F)c1. The van der Waals surface area contributed by atoms with E-state index in [-0.39, 0.29) is 11.9 Å². The summed E-state index contributed by atoms with van der Waals surface area (Å²) >= 11 is 0. The molecule has 2 unspecified atom stereocenters. The highest BCUT2D eigenvalue weighted by Gasteiger charge is 2.24. The summed E-state index contributed by atoms with van der Waals surface area (Å²) in [6.45, 7) is 0. The van der Waals surface area contributed by atoms with E-state index in [0.717, 1.165) is 17.7 Å². The molecule has 0 saturated heterocycles. The lowest BCUT2D eigenvalue weighted by Gasteiger charge is -2.10. The molecule has 0 aliphatic carbocycles. The number of fused-ring (bicyclic) bond motifs is 1. The van der Waals surface area contributed by atoms with Gasteiger partial charge >= 0.3 is 0 Å². The Balaban J connectivity index is 1.69. The summed E-state index contributed by atoms with van der Waals surface area (Å²) in [6, 6.07) is 13.7. The van der Waals surface area contributed by atoms with Crippen LogP contribution in [0, 0.1) is 5.82 Å². The maximum absolute atomic E-state index is 13.1.